The Morgan fingerprint density at radius 2 is 1.19 bits per heavy atom. The zero-order valence-electron chi connectivity index (χ0n) is 13.5. The normalized spacial score (nSPS) is 39.4. The van der Waals surface area contributed by atoms with Gasteiger partial charge in [0.05, 0.1) is 0 Å². The Balaban J connectivity index is 3.39. The molecule has 0 aromatic rings. The molecule has 2 N–H and O–H groups in total. The van der Waals surface area contributed by atoms with Crippen LogP contribution < -0.4 is 0 Å². The number of aliphatic hydroxyl groups is 2. The summed E-state index contributed by atoms with van der Waals surface area (Å²) in [5.74, 6) is -5.43. The molecule has 126 valence electrons. The first-order valence-electron chi connectivity index (χ1n) is 6.80. The molecule has 0 bridgehead atoms. The van der Waals surface area contributed by atoms with Gasteiger partial charge in [0.2, 0.25) is 0 Å². The average Bonchev–Trinajstić information content (AvgIpc) is 2.16. The number of hydrogen-bond donors (Lipinski definition) is 2. The van der Waals surface area contributed by atoms with Gasteiger partial charge in [0.25, 0.3) is 5.79 Å². The van der Waals surface area contributed by atoms with Crippen LogP contribution in [0.4, 0.5) is 13.2 Å². The zero-order valence-corrected chi connectivity index (χ0v) is 13.5. The lowest BCUT2D eigenvalue weighted by molar-refractivity contribution is -0.498. The zero-order chi connectivity index (χ0) is 17.1. The second-order valence-corrected chi connectivity index (χ2v) is 7.98. The van der Waals surface area contributed by atoms with Crippen molar-refractivity contribution < 1.29 is 32.9 Å². The van der Waals surface area contributed by atoms with Crippen molar-refractivity contribution in [1.29, 1.82) is 0 Å². The Morgan fingerprint density at radius 1 is 0.810 bits per heavy atom. The molecule has 0 spiro atoms. The minimum atomic E-state index is -5.05. The highest BCUT2D eigenvalue weighted by Crippen LogP contribution is 2.51. The maximum atomic E-state index is 13.4. The predicted octanol–water partition coefficient (Wildman–Crippen LogP) is 2.82. The molecule has 1 fully saturated rings. The Morgan fingerprint density at radius 3 is 1.48 bits per heavy atom. The van der Waals surface area contributed by atoms with E-state index in [-0.39, 0.29) is 0 Å². The van der Waals surface area contributed by atoms with E-state index < -0.39 is 40.8 Å². The summed E-state index contributed by atoms with van der Waals surface area (Å²) in [6, 6.07) is 0. The molecular weight excluding hydrogens is 289 g/mol. The third-order valence-corrected chi connectivity index (χ3v) is 3.48. The predicted molar refractivity (Wildman–Crippen MR) is 70.3 cm³/mol. The molecule has 0 aliphatic carbocycles. The Kier molecular flexibility index (Phi) is 4.28. The van der Waals surface area contributed by atoms with Crippen molar-refractivity contribution in [3.05, 3.63) is 0 Å². The van der Waals surface area contributed by atoms with Gasteiger partial charge in [-0.3, -0.25) is 0 Å². The topological polar surface area (TPSA) is 58.9 Å². The van der Waals surface area contributed by atoms with E-state index in [0.717, 1.165) is 0 Å². The second kappa shape index (κ2) is 4.81. The van der Waals surface area contributed by atoms with Gasteiger partial charge in [-0.2, -0.15) is 13.2 Å². The maximum absolute atomic E-state index is 13.4. The largest absolute Gasteiger partial charge is 0.445 e. The van der Waals surface area contributed by atoms with Crippen LogP contribution in [-0.2, 0) is 9.47 Å². The van der Waals surface area contributed by atoms with Crippen LogP contribution in [0.2, 0.25) is 0 Å². The van der Waals surface area contributed by atoms with Crippen LogP contribution in [0.5, 0.6) is 0 Å². The van der Waals surface area contributed by atoms with Crippen molar-refractivity contribution in [3.8, 4) is 0 Å². The smallest absolute Gasteiger partial charge is 0.364 e. The molecule has 21 heavy (non-hydrogen) atoms. The van der Waals surface area contributed by atoms with E-state index in [1.165, 1.54) is 27.7 Å². The van der Waals surface area contributed by atoms with Gasteiger partial charge in [0.15, 0.2) is 5.79 Å². The summed E-state index contributed by atoms with van der Waals surface area (Å²) in [6.45, 7) is 10.5. The molecule has 4 nitrogen and oxygen atoms in total. The van der Waals surface area contributed by atoms with Gasteiger partial charge >= 0.3 is 6.18 Å². The Labute approximate surface area is 123 Å². The second-order valence-electron chi connectivity index (χ2n) is 7.98. The molecule has 1 aliphatic heterocycles. The molecule has 0 aromatic heterocycles. The third-order valence-electron chi connectivity index (χ3n) is 3.48. The molecule has 4 atom stereocenters. The first-order chi connectivity index (χ1) is 8.93. The fourth-order valence-corrected chi connectivity index (χ4v) is 2.69. The number of alkyl halides is 3. The van der Waals surface area contributed by atoms with Crippen LogP contribution in [0.3, 0.4) is 0 Å². The number of ether oxygens (including phenoxy) is 2. The summed E-state index contributed by atoms with van der Waals surface area (Å²) in [5.41, 5.74) is -1.97. The van der Waals surface area contributed by atoms with Crippen molar-refractivity contribution in [2.45, 2.75) is 78.4 Å². The lowest BCUT2D eigenvalue weighted by atomic mass is 9.78. The number of rotatable bonds is 0. The average molecular weight is 314 g/mol. The van der Waals surface area contributed by atoms with Crippen LogP contribution in [0, 0.1) is 10.8 Å². The SMILES string of the molecule is CC(C)(C)[C@@H]1O[C@@](O)(C(F)(F)F)[C@H](C(C)(C)C)O[C@]1(C)O. The molecule has 1 aliphatic rings. The van der Waals surface area contributed by atoms with Gasteiger partial charge in [-0.1, -0.05) is 41.5 Å². The Bertz CT molecular complexity index is 392. The summed E-state index contributed by atoms with van der Waals surface area (Å²) in [4.78, 5) is 0. The molecular formula is C14H25F3O4. The summed E-state index contributed by atoms with van der Waals surface area (Å²) >= 11 is 0. The van der Waals surface area contributed by atoms with Crippen molar-refractivity contribution in [2.24, 2.45) is 10.8 Å². The van der Waals surface area contributed by atoms with Gasteiger partial charge < -0.3 is 19.7 Å². The summed E-state index contributed by atoms with van der Waals surface area (Å²) < 4.78 is 50.4. The standard InChI is InChI=1S/C14H25F3O4/c1-10(2,3)8-12(7,18)20-9(11(4,5)6)13(19,21-8)14(15,16)17/h8-9,18-19H,1-7H3/t8-,9-,12-,13+/m0/s1. The Hall–Kier alpha value is -0.370. The van der Waals surface area contributed by atoms with Crippen molar-refractivity contribution >= 4 is 0 Å². The summed E-state index contributed by atoms with van der Waals surface area (Å²) in [7, 11) is 0. The lowest BCUT2D eigenvalue weighted by Crippen LogP contribution is -2.73. The number of halogens is 3. The van der Waals surface area contributed by atoms with Crippen LogP contribution in [0.15, 0.2) is 0 Å². The molecule has 1 saturated heterocycles. The van der Waals surface area contributed by atoms with E-state index in [4.69, 9.17) is 9.47 Å². The van der Waals surface area contributed by atoms with E-state index in [1.54, 1.807) is 20.8 Å². The minimum Gasteiger partial charge on any atom is -0.364 e. The van der Waals surface area contributed by atoms with Gasteiger partial charge in [-0.05, 0) is 17.8 Å². The van der Waals surface area contributed by atoms with Crippen molar-refractivity contribution in [1.82, 2.24) is 0 Å². The van der Waals surface area contributed by atoms with E-state index in [2.05, 4.69) is 0 Å². The van der Waals surface area contributed by atoms with E-state index >= 15 is 0 Å². The van der Waals surface area contributed by atoms with Crippen molar-refractivity contribution in [3.63, 3.8) is 0 Å². The van der Waals surface area contributed by atoms with Crippen LogP contribution in [0.1, 0.15) is 48.5 Å². The van der Waals surface area contributed by atoms with Crippen LogP contribution >= 0.6 is 0 Å². The molecule has 0 unspecified atom stereocenters. The highest BCUT2D eigenvalue weighted by atomic mass is 19.4. The molecule has 0 amide bonds. The monoisotopic (exact) mass is 314 g/mol. The number of hydrogen-bond acceptors (Lipinski definition) is 4. The highest BCUT2D eigenvalue weighted by molar-refractivity contribution is 5.02. The van der Waals surface area contributed by atoms with Gasteiger partial charge in [-0.15, -0.1) is 0 Å². The molecule has 0 radical (unpaired) electrons. The quantitative estimate of drug-likeness (QED) is 0.722. The van der Waals surface area contributed by atoms with Crippen LogP contribution in [0.25, 0.3) is 0 Å². The molecule has 0 aromatic carbocycles. The minimum absolute atomic E-state index is 0.869. The highest BCUT2D eigenvalue weighted by Gasteiger charge is 2.70. The van der Waals surface area contributed by atoms with Gasteiger partial charge in [0.1, 0.15) is 12.2 Å². The molecule has 1 heterocycles. The molecule has 7 heteroatoms. The third kappa shape index (κ3) is 3.36. The van der Waals surface area contributed by atoms with Crippen LogP contribution in [-0.4, -0.2) is 40.2 Å². The van der Waals surface area contributed by atoms with E-state index in [0.29, 0.717) is 0 Å². The van der Waals surface area contributed by atoms with Gasteiger partial charge in [-0.25, -0.2) is 0 Å². The lowest BCUT2D eigenvalue weighted by Gasteiger charge is -2.56. The molecule has 0 saturated carbocycles. The first-order valence-corrected chi connectivity index (χ1v) is 6.80. The summed E-state index contributed by atoms with van der Waals surface area (Å²) in [5, 5.41) is 20.6. The van der Waals surface area contributed by atoms with E-state index in [1.807, 2.05) is 0 Å². The molecule has 1 rings (SSSR count). The summed E-state index contributed by atoms with van der Waals surface area (Å²) in [6.07, 6.45) is -8.17. The van der Waals surface area contributed by atoms with Gasteiger partial charge in [0, 0.05) is 0 Å². The maximum Gasteiger partial charge on any atom is 0.445 e. The van der Waals surface area contributed by atoms with Crippen molar-refractivity contribution in [2.75, 3.05) is 0 Å². The fraction of sp³-hybridized carbons (Fsp3) is 1.00. The first kappa shape index (κ1) is 18.7. The van der Waals surface area contributed by atoms with E-state index in [9.17, 15) is 23.4 Å². The fourth-order valence-electron chi connectivity index (χ4n) is 2.69.